The number of hydrogen-bond donors (Lipinski definition) is 0. The fourth-order valence-corrected chi connectivity index (χ4v) is 4.28. The summed E-state index contributed by atoms with van der Waals surface area (Å²) in [6.45, 7) is 4.67. The Labute approximate surface area is 185 Å². The topological polar surface area (TPSA) is 74.9 Å². The number of hydrogen-bond acceptors (Lipinski definition) is 4. The van der Waals surface area contributed by atoms with E-state index in [1.54, 1.807) is 13.3 Å². The standard InChI is InChI=1S/C24H24N5O3/c1-16-17(2)29-20-21(25-23(29)28(16)15-19-12-8-14-32-19)26(3)24(31)27(22(20)30)13-7-11-18-9-5-4-6-10-18/h4-12,14,20H,13,15H2,1-3H3/q+1/b11-7+. The van der Waals surface area contributed by atoms with Crippen molar-refractivity contribution in [2.24, 2.45) is 4.99 Å². The highest BCUT2D eigenvalue weighted by Gasteiger charge is 2.53. The Morgan fingerprint density at radius 2 is 1.91 bits per heavy atom. The van der Waals surface area contributed by atoms with Gasteiger partial charge in [-0.15, -0.1) is 0 Å². The summed E-state index contributed by atoms with van der Waals surface area (Å²) in [7, 11) is 1.67. The van der Waals surface area contributed by atoms with Crippen LogP contribution in [-0.4, -0.2) is 45.7 Å². The van der Waals surface area contributed by atoms with E-state index in [4.69, 9.17) is 9.41 Å². The summed E-state index contributed by atoms with van der Waals surface area (Å²) in [6.07, 6.45) is 5.38. The Morgan fingerprint density at radius 1 is 1.12 bits per heavy atom. The highest BCUT2D eigenvalue weighted by molar-refractivity contribution is 6.20. The summed E-state index contributed by atoms with van der Waals surface area (Å²) in [6, 6.07) is 12.5. The van der Waals surface area contributed by atoms with Crippen LogP contribution in [0.4, 0.5) is 10.7 Å². The van der Waals surface area contributed by atoms with Crippen LogP contribution in [0, 0.1) is 13.8 Å². The second-order valence-electron chi connectivity index (χ2n) is 7.98. The number of rotatable bonds is 5. The number of amides is 3. The number of urea groups is 1. The molecular weight excluding hydrogens is 406 g/mol. The predicted octanol–water partition coefficient (Wildman–Crippen LogP) is 3.23. The Kier molecular flexibility index (Phi) is 4.77. The molecule has 8 nitrogen and oxygen atoms in total. The van der Waals surface area contributed by atoms with Gasteiger partial charge in [-0.25, -0.2) is 13.9 Å². The van der Waals surface area contributed by atoms with Gasteiger partial charge in [0.05, 0.1) is 6.26 Å². The van der Waals surface area contributed by atoms with Gasteiger partial charge in [0.2, 0.25) is 11.9 Å². The Balaban J connectivity index is 1.48. The molecule has 4 heterocycles. The molecule has 1 fully saturated rings. The smallest absolute Gasteiger partial charge is 0.402 e. The van der Waals surface area contributed by atoms with Crippen LogP contribution in [0.25, 0.3) is 6.08 Å². The highest BCUT2D eigenvalue weighted by Crippen LogP contribution is 2.35. The van der Waals surface area contributed by atoms with Crippen LogP contribution in [0.15, 0.2) is 64.2 Å². The number of imidazole rings is 1. The van der Waals surface area contributed by atoms with Gasteiger partial charge >= 0.3 is 12.0 Å². The van der Waals surface area contributed by atoms with E-state index < -0.39 is 6.04 Å². The molecule has 162 valence electrons. The van der Waals surface area contributed by atoms with Gasteiger partial charge in [0.25, 0.3) is 5.91 Å². The maximum Gasteiger partial charge on any atom is 0.402 e. The molecular formula is C24H24N5O3+. The second kappa shape index (κ2) is 7.64. The van der Waals surface area contributed by atoms with Gasteiger partial charge in [0, 0.05) is 13.6 Å². The van der Waals surface area contributed by atoms with E-state index in [1.165, 1.54) is 9.80 Å². The van der Waals surface area contributed by atoms with E-state index in [1.807, 2.05) is 77.6 Å². The van der Waals surface area contributed by atoms with Gasteiger partial charge < -0.3 is 4.42 Å². The second-order valence-corrected chi connectivity index (χ2v) is 7.98. The molecule has 32 heavy (non-hydrogen) atoms. The van der Waals surface area contributed by atoms with Gasteiger partial charge in [-0.2, -0.15) is 0 Å². The summed E-state index contributed by atoms with van der Waals surface area (Å²) >= 11 is 0. The molecule has 1 aromatic carbocycles. The molecule has 0 saturated carbocycles. The molecule has 1 saturated heterocycles. The molecule has 0 spiro atoms. The summed E-state index contributed by atoms with van der Waals surface area (Å²) in [5.41, 5.74) is 2.95. The zero-order valence-corrected chi connectivity index (χ0v) is 18.2. The van der Waals surface area contributed by atoms with Crippen LogP contribution in [0.5, 0.6) is 0 Å². The number of furan rings is 1. The lowest BCUT2D eigenvalue weighted by Gasteiger charge is -2.32. The van der Waals surface area contributed by atoms with E-state index in [0.29, 0.717) is 18.3 Å². The summed E-state index contributed by atoms with van der Waals surface area (Å²) in [5, 5.41) is 0. The molecule has 1 atom stereocenters. The quantitative estimate of drug-likeness (QED) is 0.584. The van der Waals surface area contributed by atoms with Gasteiger partial charge in [-0.1, -0.05) is 47.5 Å². The number of fused-ring (bicyclic) bond motifs is 3. The maximum atomic E-state index is 13.5. The predicted molar refractivity (Wildman–Crippen MR) is 118 cm³/mol. The molecule has 0 radical (unpaired) electrons. The fourth-order valence-electron chi connectivity index (χ4n) is 4.28. The molecule has 2 aromatic heterocycles. The number of imide groups is 1. The third kappa shape index (κ3) is 3.07. The molecule has 0 bridgehead atoms. The third-order valence-corrected chi connectivity index (χ3v) is 6.12. The Hall–Kier alpha value is -3.94. The Bertz CT molecular complexity index is 1250. The SMILES string of the molecule is Cc1c(C)[n+](Cc2ccco2)c2n1C1C(=O)N(C/C=C/c3ccccc3)C(=O)N(C)C1=N2. The van der Waals surface area contributed by atoms with Crippen molar-refractivity contribution in [3.63, 3.8) is 0 Å². The van der Waals surface area contributed by atoms with Crippen molar-refractivity contribution in [2.45, 2.75) is 26.4 Å². The highest BCUT2D eigenvalue weighted by atomic mass is 16.3. The van der Waals surface area contributed by atoms with E-state index in [-0.39, 0.29) is 18.5 Å². The zero-order valence-electron chi connectivity index (χ0n) is 18.2. The van der Waals surface area contributed by atoms with Crippen molar-refractivity contribution >= 4 is 29.8 Å². The minimum Gasteiger partial charge on any atom is -0.466 e. The summed E-state index contributed by atoms with van der Waals surface area (Å²) in [4.78, 5) is 33.9. The monoisotopic (exact) mass is 430 g/mol. The number of amidine groups is 1. The average molecular weight is 430 g/mol. The number of nitrogens with zero attached hydrogens (tertiary/aromatic N) is 5. The number of benzene rings is 1. The first-order chi connectivity index (χ1) is 15.5. The van der Waals surface area contributed by atoms with Crippen LogP contribution < -0.4 is 4.57 Å². The first-order valence-electron chi connectivity index (χ1n) is 10.5. The molecule has 1 unspecified atom stereocenters. The van der Waals surface area contributed by atoms with Crippen LogP contribution in [0.3, 0.4) is 0 Å². The lowest BCUT2D eigenvalue weighted by Crippen LogP contribution is -2.57. The van der Waals surface area contributed by atoms with Gasteiger partial charge in [0.1, 0.15) is 23.7 Å². The number of carbonyl (C=O) groups excluding carboxylic acids is 2. The minimum absolute atomic E-state index is 0.196. The van der Waals surface area contributed by atoms with Crippen molar-refractivity contribution < 1.29 is 18.6 Å². The van der Waals surface area contributed by atoms with Crippen molar-refractivity contribution in [3.05, 3.63) is 77.5 Å². The van der Waals surface area contributed by atoms with Crippen LogP contribution >= 0.6 is 0 Å². The number of likely N-dealkylation sites (N-methyl/N-ethyl adjacent to an activating group) is 1. The fraction of sp³-hybridized carbons (Fsp3) is 0.250. The van der Waals surface area contributed by atoms with E-state index in [2.05, 4.69) is 0 Å². The average Bonchev–Trinajstić information content (AvgIpc) is 3.50. The first-order valence-corrected chi connectivity index (χ1v) is 10.5. The van der Waals surface area contributed by atoms with Crippen molar-refractivity contribution in [1.82, 2.24) is 14.4 Å². The maximum absolute atomic E-state index is 13.5. The van der Waals surface area contributed by atoms with Gasteiger partial charge in [0.15, 0.2) is 0 Å². The molecule has 5 rings (SSSR count). The Morgan fingerprint density at radius 3 is 2.62 bits per heavy atom. The van der Waals surface area contributed by atoms with E-state index >= 15 is 0 Å². The molecule has 8 heteroatoms. The molecule has 2 aliphatic heterocycles. The van der Waals surface area contributed by atoms with Crippen molar-refractivity contribution in [2.75, 3.05) is 13.6 Å². The molecule has 3 aromatic rings. The van der Waals surface area contributed by atoms with Crippen molar-refractivity contribution in [3.8, 4) is 0 Å². The van der Waals surface area contributed by atoms with Crippen LogP contribution in [0.2, 0.25) is 0 Å². The van der Waals surface area contributed by atoms with E-state index in [9.17, 15) is 9.59 Å². The summed E-state index contributed by atoms with van der Waals surface area (Å²) < 4.78 is 9.45. The summed E-state index contributed by atoms with van der Waals surface area (Å²) in [5.74, 6) is 1.62. The molecule has 2 aliphatic rings. The zero-order chi connectivity index (χ0) is 22.4. The molecule has 3 amide bonds. The van der Waals surface area contributed by atoms with Gasteiger partial charge in [-0.3, -0.25) is 14.6 Å². The minimum atomic E-state index is -0.658. The number of aromatic nitrogens is 2. The van der Waals surface area contributed by atoms with Crippen molar-refractivity contribution in [1.29, 1.82) is 0 Å². The van der Waals surface area contributed by atoms with E-state index in [0.717, 1.165) is 22.7 Å². The molecule has 0 aliphatic carbocycles. The van der Waals surface area contributed by atoms with Crippen LogP contribution in [-0.2, 0) is 11.3 Å². The molecule has 0 N–H and O–H groups in total. The lowest BCUT2D eigenvalue weighted by molar-refractivity contribution is -0.682. The van der Waals surface area contributed by atoms with Crippen LogP contribution in [0.1, 0.15) is 28.8 Å². The largest absolute Gasteiger partial charge is 0.466 e. The number of aliphatic imine (C=N–C) groups is 1. The lowest BCUT2D eigenvalue weighted by atomic mass is 10.1. The normalized spacial score (nSPS) is 17.8. The first kappa shape index (κ1) is 20.0. The third-order valence-electron chi connectivity index (χ3n) is 6.12. The van der Waals surface area contributed by atoms with Gasteiger partial charge in [-0.05, 0) is 31.5 Å². The number of carbonyl (C=O) groups is 2.